The third-order valence-electron chi connectivity index (χ3n) is 5.24. The Bertz CT molecular complexity index is 940. The Hall–Kier alpha value is -2.79. The zero-order valence-corrected chi connectivity index (χ0v) is 16.4. The van der Waals surface area contributed by atoms with Crippen molar-refractivity contribution in [1.29, 1.82) is 0 Å². The fourth-order valence-corrected chi connectivity index (χ4v) is 3.99. The average molecular weight is 396 g/mol. The summed E-state index contributed by atoms with van der Waals surface area (Å²) in [7, 11) is 0. The number of H-pyrrole nitrogens is 1. The average Bonchev–Trinajstić information content (AvgIpc) is 3.20. The van der Waals surface area contributed by atoms with E-state index in [1.165, 1.54) is 0 Å². The maximum absolute atomic E-state index is 13.2. The van der Waals surface area contributed by atoms with Gasteiger partial charge in [-0.3, -0.25) is 10.00 Å². The zero-order chi connectivity index (χ0) is 19.5. The summed E-state index contributed by atoms with van der Waals surface area (Å²) in [5.41, 5.74) is 4.12. The first-order valence-electron chi connectivity index (χ1n) is 9.44. The smallest absolute Gasteiger partial charge is 0.411 e. The Morgan fingerprint density at radius 3 is 2.68 bits per heavy atom. The number of aromatic nitrogens is 2. The molecule has 0 radical (unpaired) electrons. The predicted octanol–water partition coefficient (Wildman–Crippen LogP) is 5.45. The lowest BCUT2D eigenvalue weighted by molar-refractivity contribution is 0.0528. The van der Waals surface area contributed by atoms with Crippen LogP contribution in [0.5, 0.6) is 0 Å². The van der Waals surface area contributed by atoms with Crippen LogP contribution in [0.1, 0.15) is 47.8 Å². The second-order valence-electron chi connectivity index (χ2n) is 6.95. The fraction of sp³-hybridized carbons (Fsp3) is 0.273. The first-order valence-corrected chi connectivity index (χ1v) is 9.81. The number of ether oxygens (including phenoxy) is 1. The van der Waals surface area contributed by atoms with Crippen LogP contribution >= 0.6 is 11.6 Å². The second kappa shape index (κ2) is 8.07. The molecule has 3 aromatic rings. The molecule has 2 unspecified atom stereocenters. The van der Waals surface area contributed by atoms with E-state index < -0.39 is 0 Å². The van der Waals surface area contributed by atoms with Crippen molar-refractivity contribution in [3.63, 3.8) is 0 Å². The number of halogens is 1. The Kier molecular flexibility index (Phi) is 5.35. The summed E-state index contributed by atoms with van der Waals surface area (Å²) in [5.74, 6) is 0. The highest BCUT2D eigenvalue weighted by Crippen LogP contribution is 2.41. The first kappa shape index (κ1) is 18.6. The molecule has 6 heteroatoms. The number of amides is 1. The van der Waals surface area contributed by atoms with Crippen LogP contribution < -0.4 is 0 Å². The lowest BCUT2D eigenvalue weighted by Crippen LogP contribution is -2.42. The van der Waals surface area contributed by atoms with E-state index in [0.717, 1.165) is 28.8 Å². The fourth-order valence-electron chi connectivity index (χ4n) is 3.86. The van der Waals surface area contributed by atoms with Gasteiger partial charge in [-0.2, -0.15) is 5.10 Å². The van der Waals surface area contributed by atoms with Gasteiger partial charge in [0.15, 0.2) is 0 Å². The van der Waals surface area contributed by atoms with Crippen LogP contribution in [0.4, 0.5) is 4.79 Å². The molecule has 0 bridgehead atoms. The highest BCUT2D eigenvalue weighted by molar-refractivity contribution is 6.30. The number of hydrogen-bond donors (Lipinski definition) is 1. The van der Waals surface area contributed by atoms with E-state index in [1.807, 2.05) is 65.7 Å². The first-order chi connectivity index (χ1) is 13.7. The van der Waals surface area contributed by atoms with Crippen LogP contribution in [0, 0.1) is 0 Å². The molecule has 5 nitrogen and oxygen atoms in total. The summed E-state index contributed by atoms with van der Waals surface area (Å²) in [6.45, 7) is 2.32. The minimum atomic E-state index is -0.317. The second-order valence-corrected chi connectivity index (χ2v) is 7.38. The molecule has 0 spiro atoms. The monoisotopic (exact) mass is 395 g/mol. The molecule has 0 fully saturated rings. The molecule has 0 saturated carbocycles. The largest absolute Gasteiger partial charge is 0.445 e. The summed E-state index contributed by atoms with van der Waals surface area (Å²) >= 11 is 6.07. The molecule has 2 atom stereocenters. The third-order valence-corrected chi connectivity index (χ3v) is 5.49. The van der Waals surface area contributed by atoms with E-state index in [0.29, 0.717) is 11.4 Å². The molecule has 4 rings (SSSR count). The molecule has 0 saturated heterocycles. The van der Waals surface area contributed by atoms with Crippen molar-refractivity contribution in [3.8, 4) is 0 Å². The van der Waals surface area contributed by atoms with Gasteiger partial charge in [0.2, 0.25) is 0 Å². The van der Waals surface area contributed by atoms with E-state index in [-0.39, 0.29) is 24.8 Å². The number of rotatable bonds is 4. The summed E-state index contributed by atoms with van der Waals surface area (Å²) in [6, 6.07) is 17.1. The van der Waals surface area contributed by atoms with Crippen molar-refractivity contribution < 1.29 is 9.53 Å². The number of nitrogens with one attached hydrogen (secondary N) is 1. The maximum Gasteiger partial charge on any atom is 0.411 e. The number of benzene rings is 2. The standard InChI is InChI=1S/C22H22ClN3O2/c1-2-20-18-13-24-25-19(18)12-21(16-8-10-17(23)11-9-16)26(20)22(27)28-14-15-6-4-3-5-7-15/h3-11,13,20-21H,2,12,14H2,1H3,(H,24,25). The predicted molar refractivity (Wildman–Crippen MR) is 108 cm³/mol. The molecule has 0 aliphatic carbocycles. The van der Waals surface area contributed by atoms with Gasteiger partial charge in [-0.15, -0.1) is 0 Å². The van der Waals surface area contributed by atoms with Crippen molar-refractivity contribution in [2.24, 2.45) is 0 Å². The maximum atomic E-state index is 13.2. The van der Waals surface area contributed by atoms with Gasteiger partial charge in [0.25, 0.3) is 0 Å². The van der Waals surface area contributed by atoms with Gasteiger partial charge in [0.05, 0.1) is 18.3 Å². The minimum absolute atomic E-state index is 0.0912. The van der Waals surface area contributed by atoms with Crippen molar-refractivity contribution in [2.75, 3.05) is 0 Å². The van der Waals surface area contributed by atoms with Crippen LogP contribution in [0.25, 0.3) is 0 Å². The van der Waals surface area contributed by atoms with Crippen molar-refractivity contribution in [1.82, 2.24) is 15.1 Å². The topological polar surface area (TPSA) is 58.2 Å². The molecule has 1 amide bonds. The van der Waals surface area contributed by atoms with Gasteiger partial charge in [0.1, 0.15) is 6.61 Å². The van der Waals surface area contributed by atoms with Crippen LogP contribution in [0.3, 0.4) is 0 Å². The molecule has 144 valence electrons. The molecule has 1 N–H and O–H groups in total. The van der Waals surface area contributed by atoms with Crippen molar-refractivity contribution in [2.45, 2.75) is 38.5 Å². The minimum Gasteiger partial charge on any atom is -0.445 e. The Morgan fingerprint density at radius 2 is 1.96 bits per heavy atom. The number of hydrogen-bond acceptors (Lipinski definition) is 3. The molecule has 1 aliphatic rings. The SMILES string of the molecule is CCC1c2cn[nH]c2CC(c2ccc(Cl)cc2)N1C(=O)OCc1ccccc1. The molecule has 28 heavy (non-hydrogen) atoms. The zero-order valence-electron chi connectivity index (χ0n) is 15.6. The van der Waals surface area contributed by atoms with E-state index >= 15 is 0 Å². The number of nitrogens with zero attached hydrogens (tertiary/aromatic N) is 2. The highest BCUT2D eigenvalue weighted by Gasteiger charge is 2.39. The molecular formula is C22H22ClN3O2. The number of aromatic amines is 1. The summed E-state index contributed by atoms with van der Waals surface area (Å²) in [6.07, 6.45) is 2.94. The molecule has 2 aromatic carbocycles. The van der Waals surface area contributed by atoms with Crippen LogP contribution in [-0.4, -0.2) is 21.2 Å². The van der Waals surface area contributed by atoms with Gasteiger partial charge in [-0.25, -0.2) is 4.79 Å². The van der Waals surface area contributed by atoms with Crippen LogP contribution in [-0.2, 0) is 17.8 Å². The highest BCUT2D eigenvalue weighted by atomic mass is 35.5. The van der Waals surface area contributed by atoms with Gasteiger partial charge in [0, 0.05) is 22.7 Å². The number of carbonyl (C=O) groups is 1. The van der Waals surface area contributed by atoms with E-state index in [9.17, 15) is 4.79 Å². The Balaban J connectivity index is 1.64. The summed E-state index contributed by atoms with van der Waals surface area (Å²) in [4.78, 5) is 15.0. The van der Waals surface area contributed by atoms with Gasteiger partial charge in [-0.05, 0) is 29.7 Å². The summed E-state index contributed by atoms with van der Waals surface area (Å²) in [5, 5.41) is 7.98. The molecule has 1 aromatic heterocycles. The van der Waals surface area contributed by atoms with E-state index in [1.54, 1.807) is 0 Å². The van der Waals surface area contributed by atoms with Crippen molar-refractivity contribution >= 4 is 17.7 Å². The van der Waals surface area contributed by atoms with Gasteiger partial charge < -0.3 is 4.74 Å². The van der Waals surface area contributed by atoms with Crippen molar-refractivity contribution in [3.05, 3.63) is 88.2 Å². The summed E-state index contributed by atoms with van der Waals surface area (Å²) < 4.78 is 5.70. The van der Waals surface area contributed by atoms with E-state index in [4.69, 9.17) is 16.3 Å². The Morgan fingerprint density at radius 1 is 1.21 bits per heavy atom. The molecule has 1 aliphatic heterocycles. The lowest BCUT2D eigenvalue weighted by atomic mass is 9.89. The van der Waals surface area contributed by atoms with Gasteiger partial charge >= 0.3 is 6.09 Å². The van der Waals surface area contributed by atoms with E-state index in [2.05, 4.69) is 17.1 Å². The number of carbonyl (C=O) groups excluding carboxylic acids is 1. The number of fused-ring (bicyclic) bond motifs is 1. The molecule has 2 heterocycles. The van der Waals surface area contributed by atoms with Gasteiger partial charge in [-0.1, -0.05) is 61.0 Å². The normalized spacial score (nSPS) is 18.6. The lowest BCUT2D eigenvalue weighted by Gasteiger charge is -2.41. The van der Waals surface area contributed by atoms with Crippen LogP contribution in [0.2, 0.25) is 5.02 Å². The Labute approximate surface area is 169 Å². The van der Waals surface area contributed by atoms with Crippen LogP contribution in [0.15, 0.2) is 60.8 Å². The quantitative estimate of drug-likeness (QED) is 0.638. The third kappa shape index (κ3) is 3.62. The molecular weight excluding hydrogens is 374 g/mol.